The van der Waals surface area contributed by atoms with Crippen LogP contribution in [-0.2, 0) is 11.3 Å². The van der Waals surface area contributed by atoms with E-state index in [0.717, 1.165) is 17.1 Å². The van der Waals surface area contributed by atoms with Crippen molar-refractivity contribution < 1.29 is 9.53 Å². The number of imidazole rings is 1. The third-order valence-corrected chi connectivity index (χ3v) is 2.69. The maximum absolute atomic E-state index is 11.1. The molecule has 0 aliphatic rings. The predicted molar refractivity (Wildman–Crippen MR) is 73.1 cm³/mol. The SMILES string of the molecule is COC(=O)Nc1cccc(NCc2nc[nH]c2C)c1. The zero-order valence-electron chi connectivity index (χ0n) is 10.9. The van der Waals surface area contributed by atoms with Gasteiger partial charge < -0.3 is 15.0 Å². The van der Waals surface area contributed by atoms with Crippen molar-refractivity contribution in [3.8, 4) is 0 Å². The van der Waals surface area contributed by atoms with Crippen molar-refractivity contribution in [2.24, 2.45) is 0 Å². The number of hydrogen-bond acceptors (Lipinski definition) is 4. The topological polar surface area (TPSA) is 79.0 Å². The summed E-state index contributed by atoms with van der Waals surface area (Å²) >= 11 is 0. The van der Waals surface area contributed by atoms with Crippen molar-refractivity contribution >= 4 is 17.5 Å². The summed E-state index contributed by atoms with van der Waals surface area (Å²) in [4.78, 5) is 18.3. The van der Waals surface area contributed by atoms with E-state index in [0.29, 0.717) is 12.2 Å². The maximum Gasteiger partial charge on any atom is 0.411 e. The van der Waals surface area contributed by atoms with Crippen LogP contribution >= 0.6 is 0 Å². The van der Waals surface area contributed by atoms with Crippen LogP contribution in [-0.4, -0.2) is 23.2 Å². The molecule has 6 heteroatoms. The maximum atomic E-state index is 11.1. The van der Waals surface area contributed by atoms with Crippen molar-refractivity contribution in [3.63, 3.8) is 0 Å². The molecule has 1 heterocycles. The molecular weight excluding hydrogens is 244 g/mol. The molecule has 2 rings (SSSR count). The van der Waals surface area contributed by atoms with E-state index in [1.807, 2.05) is 25.1 Å². The summed E-state index contributed by atoms with van der Waals surface area (Å²) in [6.07, 6.45) is 1.18. The van der Waals surface area contributed by atoms with Crippen molar-refractivity contribution in [3.05, 3.63) is 42.0 Å². The number of methoxy groups -OCH3 is 1. The zero-order valence-corrected chi connectivity index (χ0v) is 10.9. The van der Waals surface area contributed by atoms with Gasteiger partial charge in [0.15, 0.2) is 0 Å². The first-order chi connectivity index (χ1) is 9.19. The van der Waals surface area contributed by atoms with Gasteiger partial charge in [0.2, 0.25) is 0 Å². The van der Waals surface area contributed by atoms with Gasteiger partial charge in [-0.1, -0.05) is 6.07 Å². The molecule has 0 unspecified atom stereocenters. The standard InChI is InChI=1S/C13H16N4O2/c1-9-12(16-8-15-9)7-14-10-4-3-5-11(6-10)17-13(18)19-2/h3-6,8,14H,7H2,1-2H3,(H,15,16)(H,17,18). The van der Waals surface area contributed by atoms with E-state index in [1.165, 1.54) is 7.11 Å². The Morgan fingerprint density at radius 1 is 1.42 bits per heavy atom. The van der Waals surface area contributed by atoms with Gasteiger partial charge in [0.25, 0.3) is 0 Å². The molecule has 1 aromatic heterocycles. The summed E-state index contributed by atoms with van der Waals surface area (Å²) in [5, 5.41) is 5.86. The molecule has 0 spiro atoms. The molecule has 1 aromatic carbocycles. The average molecular weight is 260 g/mol. The summed E-state index contributed by atoms with van der Waals surface area (Å²) in [6, 6.07) is 7.40. The highest BCUT2D eigenvalue weighted by Gasteiger charge is 2.03. The Kier molecular flexibility index (Phi) is 4.02. The molecule has 2 aromatic rings. The number of aryl methyl sites for hydroxylation is 1. The van der Waals surface area contributed by atoms with Gasteiger partial charge >= 0.3 is 6.09 Å². The first-order valence-corrected chi connectivity index (χ1v) is 5.87. The molecule has 0 saturated heterocycles. The Morgan fingerprint density at radius 3 is 2.89 bits per heavy atom. The molecule has 6 nitrogen and oxygen atoms in total. The number of hydrogen-bond donors (Lipinski definition) is 3. The third kappa shape index (κ3) is 3.48. The molecule has 0 saturated carbocycles. The highest BCUT2D eigenvalue weighted by Crippen LogP contribution is 2.16. The summed E-state index contributed by atoms with van der Waals surface area (Å²) in [5.74, 6) is 0. The monoisotopic (exact) mass is 260 g/mol. The molecule has 3 N–H and O–H groups in total. The number of aromatic amines is 1. The van der Waals surface area contributed by atoms with Crippen molar-refractivity contribution in [1.82, 2.24) is 9.97 Å². The first kappa shape index (κ1) is 12.9. The number of nitrogens with one attached hydrogen (secondary N) is 3. The van der Waals surface area contributed by atoms with Crippen LogP contribution in [0.1, 0.15) is 11.4 Å². The molecular formula is C13H16N4O2. The van der Waals surface area contributed by atoms with Gasteiger partial charge in [0.05, 0.1) is 25.7 Å². The number of carbonyl (C=O) groups excluding carboxylic acids is 1. The van der Waals surface area contributed by atoms with Crippen LogP contribution in [0.5, 0.6) is 0 Å². The Labute approximate surface area is 111 Å². The van der Waals surface area contributed by atoms with Crippen LogP contribution in [0, 0.1) is 6.92 Å². The van der Waals surface area contributed by atoms with Crippen LogP contribution in [0.15, 0.2) is 30.6 Å². The minimum absolute atomic E-state index is 0.486. The normalized spacial score (nSPS) is 10.0. The average Bonchev–Trinajstić information content (AvgIpc) is 2.82. The number of rotatable bonds is 4. The summed E-state index contributed by atoms with van der Waals surface area (Å²) in [7, 11) is 1.33. The van der Waals surface area contributed by atoms with Gasteiger partial charge in [-0.3, -0.25) is 5.32 Å². The molecule has 0 atom stereocenters. The number of anilines is 2. The fourth-order valence-corrected chi connectivity index (χ4v) is 1.63. The van der Waals surface area contributed by atoms with Crippen molar-refractivity contribution in [2.75, 3.05) is 17.7 Å². The minimum atomic E-state index is -0.486. The molecule has 100 valence electrons. The lowest BCUT2D eigenvalue weighted by Gasteiger charge is -2.08. The van der Waals surface area contributed by atoms with Gasteiger partial charge in [-0.15, -0.1) is 0 Å². The van der Waals surface area contributed by atoms with E-state index in [4.69, 9.17) is 0 Å². The Bertz CT molecular complexity index is 565. The third-order valence-electron chi connectivity index (χ3n) is 2.69. The lowest BCUT2D eigenvalue weighted by atomic mass is 10.2. The molecule has 0 fully saturated rings. The largest absolute Gasteiger partial charge is 0.453 e. The lowest BCUT2D eigenvalue weighted by molar-refractivity contribution is 0.187. The van der Waals surface area contributed by atoms with Gasteiger partial charge in [0, 0.05) is 17.1 Å². The number of H-pyrrole nitrogens is 1. The molecule has 0 aliphatic heterocycles. The highest BCUT2D eigenvalue weighted by molar-refractivity contribution is 5.85. The second-order valence-corrected chi connectivity index (χ2v) is 4.03. The molecule has 0 aliphatic carbocycles. The lowest BCUT2D eigenvalue weighted by Crippen LogP contribution is -2.11. The van der Waals surface area contributed by atoms with Crippen LogP contribution in [0.25, 0.3) is 0 Å². The van der Waals surface area contributed by atoms with E-state index in [1.54, 1.807) is 12.4 Å². The van der Waals surface area contributed by atoms with E-state index in [9.17, 15) is 4.79 Å². The van der Waals surface area contributed by atoms with E-state index >= 15 is 0 Å². The Morgan fingerprint density at radius 2 is 2.21 bits per heavy atom. The van der Waals surface area contributed by atoms with E-state index < -0.39 is 6.09 Å². The fraction of sp³-hybridized carbons (Fsp3) is 0.231. The second-order valence-electron chi connectivity index (χ2n) is 4.03. The van der Waals surface area contributed by atoms with E-state index in [2.05, 4.69) is 25.3 Å². The number of benzene rings is 1. The smallest absolute Gasteiger partial charge is 0.411 e. The quantitative estimate of drug-likeness (QED) is 0.789. The van der Waals surface area contributed by atoms with Crippen LogP contribution in [0.3, 0.4) is 0 Å². The summed E-state index contributed by atoms with van der Waals surface area (Å²) < 4.78 is 4.54. The molecule has 0 radical (unpaired) electrons. The number of aromatic nitrogens is 2. The van der Waals surface area contributed by atoms with E-state index in [-0.39, 0.29) is 0 Å². The van der Waals surface area contributed by atoms with Crippen LogP contribution in [0.4, 0.5) is 16.2 Å². The Hall–Kier alpha value is -2.50. The fourth-order valence-electron chi connectivity index (χ4n) is 1.63. The van der Waals surface area contributed by atoms with Crippen LogP contribution in [0.2, 0.25) is 0 Å². The minimum Gasteiger partial charge on any atom is -0.453 e. The van der Waals surface area contributed by atoms with Crippen molar-refractivity contribution in [2.45, 2.75) is 13.5 Å². The summed E-state index contributed by atoms with van der Waals surface area (Å²) in [5.41, 5.74) is 3.58. The Balaban J connectivity index is 1.99. The highest BCUT2D eigenvalue weighted by atomic mass is 16.5. The van der Waals surface area contributed by atoms with Gasteiger partial charge in [-0.05, 0) is 25.1 Å². The van der Waals surface area contributed by atoms with Crippen molar-refractivity contribution in [1.29, 1.82) is 0 Å². The zero-order chi connectivity index (χ0) is 13.7. The predicted octanol–water partition coefficient (Wildman–Crippen LogP) is 2.51. The molecule has 0 bridgehead atoms. The first-order valence-electron chi connectivity index (χ1n) is 5.87. The van der Waals surface area contributed by atoms with Gasteiger partial charge in [0.1, 0.15) is 0 Å². The number of nitrogens with zero attached hydrogens (tertiary/aromatic N) is 1. The second kappa shape index (κ2) is 5.90. The molecule has 1 amide bonds. The van der Waals surface area contributed by atoms with Crippen LogP contribution < -0.4 is 10.6 Å². The van der Waals surface area contributed by atoms with Gasteiger partial charge in [-0.25, -0.2) is 9.78 Å². The van der Waals surface area contributed by atoms with Gasteiger partial charge in [-0.2, -0.15) is 0 Å². The summed E-state index contributed by atoms with van der Waals surface area (Å²) in [6.45, 7) is 2.59. The number of amides is 1. The molecule has 19 heavy (non-hydrogen) atoms. The number of carbonyl (C=O) groups is 1. The number of ether oxygens (including phenoxy) is 1.